The number of likely N-dealkylation sites (N-methyl/N-ethyl adjacent to an activating group) is 1. The van der Waals surface area contributed by atoms with Crippen molar-refractivity contribution in [3.8, 4) is 5.75 Å². The first-order chi connectivity index (χ1) is 11.6. The number of nitrogens with zero attached hydrogens (tertiary/aromatic N) is 2. The number of amidine groups is 1. The fraction of sp³-hybridized carbons (Fsp3) is 0.158. The predicted molar refractivity (Wildman–Crippen MR) is 99.4 cm³/mol. The van der Waals surface area contributed by atoms with Gasteiger partial charge in [-0.3, -0.25) is 9.69 Å². The molecule has 1 N–H and O–H groups in total. The minimum Gasteiger partial charge on any atom is -0.508 e. The van der Waals surface area contributed by atoms with Crippen LogP contribution in [0.15, 0.2) is 58.4 Å². The van der Waals surface area contributed by atoms with Crippen LogP contribution in [0.25, 0.3) is 6.08 Å². The van der Waals surface area contributed by atoms with Crippen LogP contribution < -0.4 is 0 Å². The van der Waals surface area contributed by atoms with E-state index in [1.165, 1.54) is 17.3 Å². The lowest BCUT2D eigenvalue weighted by atomic mass is 10.2. The number of aromatic hydroxyl groups is 1. The number of thioether (sulfide) groups is 1. The Morgan fingerprint density at radius 2 is 1.96 bits per heavy atom. The highest BCUT2D eigenvalue weighted by Gasteiger charge is 2.30. The number of carbonyl (C=O) groups is 1. The van der Waals surface area contributed by atoms with E-state index in [1.54, 1.807) is 36.2 Å². The molecule has 2 aromatic carbocycles. The third-order valence-corrected chi connectivity index (χ3v) is 4.80. The minimum absolute atomic E-state index is 0.0905. The average Bonchev–Trinajstić information content (AvgIpc) is 2.84. The second-order valence-electron chi connectivity index (χ2n) is 5.48. The first-order valence-electron chi connectivity index (χ1n) is 7.71. The fourth-order valence-electron chi connectivity index (χ4n) is 2.33. The summed E-state index contributed by atoms with van der Waals surface area (Å²) in [6.07, 6.45) is 2.76. The molecule has 2 aromatic rings. The molecule has 0 atom stereocenters. The number of benzene rings is 2. The Balaban J connectivity index is 1.86. The molecule has 1 aliphatic heterocycles. The van der Waals surface area contributed by atoms with E-state index in [0.29, 0.717) is 10.1 Å². The van der Waals surface area contributed by atoms with E-state index < -0.39 is 0 Å². The van der Waals surface area contributed by atoms with Gasteiger partial charge in [0.25, 0.3) is 5.91 Å². The van der Waals surface area contributed by atoms with Crippen molar-refractivity contribution in [3.63, 3.8) is 0 Å². The lowest BCUT2D eigenvalue weighted by Crippen LogP contribution is -2.23. The van der Waals surface area contributed by atoms with E-state index in [4.69, 9.17) is 0 Å². The van der Waals surface area contributed by atoms with Crippen LogP contribution in [0.1, 0.15) is 18.1 Å². The summed E-state index contributed by atoms with van der Waals surface area (Å²) in [5, 5.41) is 10.2. The monoisotopic (exact) mass is 338 g/mol. The molecule has 1 heterocycles. The number of carbonyl (C=O) groups excluding carboxylic acids is 1. The summed E-state index contributed by atoms with van der Waals surface area (Å²) in [7, 11) is 1.72. The molecule has 24 heavy (non-hydrogen) atoms. The molecular formula is C19H18N2O2S. The summed E-state index contributed by atoms with van der Waals surface area (Å²) in [6.45, 7) is 2.11. The molecule has 0 bridgehead atoms. The molecule has 122 valence electrons. The Kier molecular flexibility index (Phi) is 4.71. The SMILES string of the molecule is CCc1ccc(N=C2S/C(=C/c3cccc(O)c3)C(=O)N2C)cc1. The van der Waals surface area contributed by atoms with Crippen molar-refractivity contribution in [1.82, 2.24) is 4.90 Å². The number of aliphatic imine (C=N–C) groups is 1. The van der Waals surface area contributed by atoms with Crippen molar-refractivity contribution >= 4 is 34.6 Å². The highest BCUT2D eigenvalue weighted by atomic mass is 32.2. The number of amides is 1. The molecule has 0 spiro atoms. The third kappa shape index (κ3) is 3.51. The maximum Gasteiger partial charge on any atom is 0.266 e. The quantitative estimate of drug-likeness (QED) is 0.854. The van der Waals surface area contributed by atoms with Gasteiger partial charge in [-0.15, -0.1) is 0 Å². The number of phenols is 1. The van der Waals surface area contributed by atoms with Gasteiger partial charge < -0.3 is 5.11 Å². The zero-order valence-electron chi connectivity index (χ0n) is 13.6. The Morgan fingerprint density at radius 1 is 1.21 bits per heavy atom. The molecule has 1 fully saturated rings. The van der Waals surface area contributed by atoms with Gasteiger partial charge in [0.15, 0.2) is 5.17 Å². The van der Waals surface area contributed by atoms with E-state index in [1.807, 2.05) is 30.3 Å². The smallest absolute Gasteiger partial charge is 0.266 e. The summed E-state index contributed by atoms with van der Waals surface area (Å²) in [5.41, 5.74) is 2.87. The van der Waals surface area contributed by atoms with Crippen LogP contribution in [0.2, 0.25) is 0 Å². The minimum atomic E-state index is -0.0905. The summed E-state index contributed by atoms with van der Waals surface area (Å²) >= 11 is 1.34. The molecule has 3 rings (SSSR count). The molecule has 0 unspecified atom stereocenters. The Labute approximate surface area is 145 Å². The van der Waals surface area contributed by atoms with E-state index >= 15 is 0 Å². The topological polar surface area (TPSA) is 52.9 Å². The summed E-state index contributed by atoms with van der Waals surface area (Å²) in [5.74, 6) is 0.0883. The zero-order chi connectivity index (χ0) is 17.1. The molecule has 0 saturated carbocycles. The Hall–Kier alpha value is -2.53. The Morgan fingerprint density at radius 3 is 2.62 bits per heavy atom. The van der Waals surface area contributed by atoms with E-state index in [-0.39, 0.29) is 11.7 Å². The molecule has 0 aromatic heterocycles. The highest BCUT2D eigenvalue weighted by Crippen LogP contribution is 2.33. The van der Waals surface area contributed by atoms with Gasteiger partial charge >= 0.3 is 0 Å². The normalized spacial score (nSPS) is 17.9. The number of hydrogen-bond acceptors (Lipinski definition) is 4. The van der Waals surface area contributed by atoms with Crippen molar-refractivity contribution in [2.75, 3.05) is 7.05 Å². The fourth-order valence-corrected chi connectivity index (χ4v) is 3.32. The number of rotatable bonds is 3. The summed E-state index contributed by atoms with van der Waals surface area (Å²) in [6, 6.07) is 14.8. The van der Waals surface area contributed by atoms with Gasteiger partial charge in [0, 0.05) is 7.05 Å². The maximum atomic E-state index is 12.4. The largest absolute Gasteiger partial charge is 0.508 e. The van der Waals surface area contributed by atoms with Gasteiger partial charge in [0.05, 0.1) is 10.6 Å². The van der Waals surface area contributed by atoms with Crippen molar-refractivity contribution in [2.45, 2.75) is 13.3 Å². The zero-order valence-corrected chi connectivity index (χ0v) is 14.4. The first kappa shape index (κ1) is 16.3. The molecule has 1 amide bonds. The third-order valence-electron chi connectivity index (χ3n) is 3.74. The van der Waals surface area contributed by atoms with Crippen LogP contribution in [0.4, 0.5) is 5.69 Å². The van der Waals surface area contributed by atoms with Crippen LogP contribution in [-0.4, -0.2) is 28.1 Å². The van der Waals surface area contributed by atoms with Crippen molar-refractivity contribution in [2.24, 2.45) is 4.99 Å². The highest BCUT2D eigenvalue weighted by molar-refractivity contribution is 8.18. The van der Waals surface area contributed by atoms with Gasteiger partial charge in [0.2, 0.25) is 0 Å². The number of aryl methyl sites for hydroxylation is 1. The van der Waals surface area contributed by atoms with E-state index in [2.05, 4.69) is 11.9 Å². The molecule has 5 heteroatoms. The lowest BCUT2D eigenvalue weighted by molar-refractivity contribution is -0.121. The molecule has 4 nitrogen and oxygen atoms in total. The molecule has 1 aliphatic rings. The van der Waals surface area contributed by atoms with Crippen LogP contribution in [0.3, 0.4) is 0 Å². The van der Waals surface area contributed by atoms with Crippen LogP contribution in [0, 0.1) is 0 Å². The maximum absolute atomic E-state index is 12.4. The number of phenolic OH excluding ortho intramolecular Hbond substituents is 1. The lowest BCUT2D eigenvalue weighted by Gasteiger charge is -2.07. The standard InChI is InChI=1S/C19H18N2O2S/c1-3-13-7-9-15(10-8-13)20-19-21(2)18(23)17(24-19)12-14-5-4-6-16(22)11-14/h4-12,22H,3H2,1-2H3/b17-12+,20-19?. The number of hydrogen-bond donors (Lipinski definition) is 1. The molecular weight excluding hydrogens is 320 g/mol. The van der Waals surface area contributed by atoms with Gasteiger partial charge in [-0.05, 0) is 59.7 Å². The van der Waals surface area contributed by atoms with E-state index in [9.17, 15) is 9.90 Å². The summed E-state index contributed by atoms with van der Waals surface area (Å²) < 4.78 is 0. The van der Waals surface area contributed by atoms with Crippen LogP contribution in [-0.2, 0) is 11.2 Å². The van der Waals surface area contributed by atoms with Gasteiger partial charge in [-0.25, -0.2) is 4.99 Å². The second-order valence-corrected chi connectivity index (χ2v) is 6.49. The van der Waals surface area contributed by atoms with Crippen LogP contribution >= 0.6 is 11.8 Å². The van der Waals surface area contributed by atoms with Crippen molar-refractivity contribution in [1.29, 1.82) is 0 Å². The first-order valence-corrected chi connectivity index (χ1v) is 8.52. The average molecular weight is 338 g/mol. The molecule has 1 saturated heterocycles. The van der Waals surface area contributed by atoms with Gasteiger partial charge in [-0.2, -0.15) is 0 Å². The van der Waals surface area contributed by atoms with E-state index in [0.717, 1.165) is 17.7 Å². The summed E-state index contributed by atoms with van der Waals surface area (Å²) in [4.78, 5) is 19.1. The molecule has 0 radical (unpaired) electrons. The predicted octanol–water partition coefficient (Wildman–Crippen LogP) is 4.19. The van der Waals surface area contributed by atoms with Gasteiger partial charge in [0.1, 0.15) is 5.75 Å². The van der Waals surface area contributed by atoms with Crippen molar-refractivity contribution < 1.29 is 9.90 Å². The van der Waals surface area contributed by atoms with Crippen molar-refractivity contribution in [3.05, 3.63) is 64.6 Å². The Bertz CT molecular complexity index is 826. The van der Waals surface area contributed by atoms with Gasteiger partial charge in [-0.1, -0.05) is 31.2 Å². The molecule has 0 aliphatic carbocycles. The van der Waals surface area contributed by atoms with Crippen LogP contribution in [0.5, 0.6) is 5.75 Å². The second kappa shape index (κ2) is 6.93.